The molecule has 5 nitrogen and oxygen atoms in total. The Bertz CT molecular complexity index is 629. The van der Waals surface area contributed by atoms with Crippen LogP contribution in [0.15, 0.2) is 42.7 Å². The number of hydrogen-bond acceptors (Lipinski definition) is 3. The largest absolute Gasteiger partial charge is 0.352 e. The van der Waals surface area contributed by atoms with Gasteiger partial charge in [0.2, 0.25) is 5.91 Å². The highest BCUT2D eigenvalue weighted by Crippen LogP contribution is 2.10. The highest BCUT2D eigenvalue weighted by atomic mass is 35.5. The second kappa shape index (κ2) is 8.13. The molecule has 3 rings (SSSR count). The summed E-state index contributed by atoms with van der Waals surface area (Å²) in [6, 6.07) is 10.5. The summed E-state index contributed by atoms with van der Waals surface area (Å²) < 4.78 is 1.80. The Morgan fingerprint density at radius 2 is 2.17 bits per heavy atom. The van der Waals surface area contributed by atoms with Crippen LogP contribution in [-0.4, -0.2) is 34.3 Å². The minimum Gasteiger partial charge on any atom is -0.352 e. The van der Waals surface area contributed by atoms with Crippen molar-refractivity contribution in [2.75, 3.05) is 6.54 Å². The Hall–Kier alpha value is -1.85. The molecule has 1 fully saturated rings. The lowest BCUT2D eigenvalue weighted by Gasteiger charge is -2.30. The monoisotopic (exact) mass is 334 g/mol. The molecule has 1 aromatic carbocycles. The van der Waals surface area contributed by atoms with Gasteiger partial charge in [-0.05, 0) is 44.0 Å². The van der Waals surface area contributed by atoms with Gasteiger partial charge in [0.1, 0.15) is 0 Å². The zero-order valence-corrected chi connectivity index (χ0v) is 14.1. The molecule has 2 aromatic rings. The lowest BCUT2D eigenvalue weighted by Crippen LogP contribution is -2.52. The molecule has 0 spiro atoms. The highest BCUT2D eigenvalue weighted by Gasteiger charge is 2.22. The fraction of sp³-hybridized carbons (Fsp3) is 0.412. The van der Waals surface area contributed by atoms with Crippen LogP contribution in [0.1, 0.15) is 25.3 Å². The summed E-state index contributed by atoms with van der Waals surface area (Å²) in [5, 5.41) is 10.8. The first-order valence-corrected chi connectivity index (χ1v) is 7.84. The van der Waals surface area contributed by atoms with Crippen LogP contribution in [0.2, 0.25) is 0 Å². The van der Waals surface area contributed by atoms with E-state index < -0.39 is 0 Å². The van der Waals surface area contributed by atoms with Crippen LogP contribution in [0.3, 0.4) is 0 Å². The van der Waals surface area contributed by atoms with Crippen LogP contribution in [0.25, 0.3) is 5.69 Å². The van der Waals surface area contributed by atoms with E-state index >= 15 is 0 Å². The van der Waals surface area contributed by atoms with Crippen molar-refractivity contribution in [2.45, 2.75) is 38.3 Å². The van der Waals surface area contributed by atoms with Gasteiger partial charge in [0, 0.05) is 18.3 Å². The van der Waals surface area contributed by atoms with Crippen molar-refractivity contribution in [3.8, 4) is 5.69 Å². The molecule has 23 heavy (non-hydrogen) atoms. The molecule has 6 heteroatoms. The van der Waals surface area contributed by atoms with Crippen molar-refractivity contribution >= 4 is 18.3 Å². The second-order valence-corrected chi connectivity index (χ2v) is 5.86. The van der Waals surface area contributed by atoms with Crippen molar-refractivity contribution in [3.05, 3.63) is 48.3 Å². The third kappa shape index (κ3) is 4.56. The standard InChI is InChI=1S/C17H22N4O.ClH/c1-13-16(8-5-9-18-13)20-17(22)10-14-11-19-21(12-14)15-6-3-2-4-7-15;/h2-4,6-7,11-13,16,18H,5,8-10H2,1H3,(H,20,22);1H. The molecule has 2 heterocycles. The highest BCUT2D eigenvalue weighted by molar-refractivity contribution is 5.85. The number of benzene rings is 1. The zero-order chi connectivity index (χ0) is 15.4. The first kappa shape index (κ1) is 17.5. The van der Waals surface area contributed by atoms with Crippen LogP contribution >= 0.6 is 12.4 Å². The van der Waals surface area contributed by atoms with Crippen LogP contribution in [0, 0.1) is 0 Å². The lowest BCUT2D eigenvalue weighted by molar-refractivity contribution is -0.121. The molecule has 124 valence electrons. The number of nitrogens with zero attached hydrogens (tertiary/aromatic N) is 2. The number of piperidine rings is 1. The van der Waals surface area contributed by atoms with E-state index in [2.05, 4.69) is 22.7 Å². The van der Waals surface area contributed by atoms with Crippen LogP contribution < -0.4 is 10.6 Å². The molecular weight excluding hydrogens is 312 g/mol. The van der Waals surface area contributed by atoms with Gasteiger partial charge >= 0.3 is 0 Å². The van der Waals surface area contributed by atoms with E-state index in [1.54, 1.807) is 10.9 Å². The zero-order valence-electron chi connectivity index (χ0n) is 13.2. The van der Waals surface area contributed by atoms with Crippen molar-refractivity contribution in [3.63, 3.8) is 0 Å². The van der Waals surface area contributed by atoms with Gasteiger partial charge < -0.3 is 10.6 Å². The van der Waals surface area contributed by atoms with Crippen molar-refractivity contribution < 1.29 is 4.79 Å². The van der Waals surface area contributed by atoms with Gasteiger partial charge in [0.05, 0.1) is 18.3 Å². The third-order valence-corrected chi connectivity index (χ3v) is 4.13. The number of amides is 1. The van der Waals surface area contributed by atoms with E-state index in [9.17, 15) is 4.79 Å². The SMILES string of the molecule is CC1NCCCC1NC(=O)Cc1cnn(-c2ccccc2)c1.Cl. The predicted molar refractivity (Wildman–Crippen MR) is 93.1 cm³/mol. The van der Waals surface area contributed by atoms with Crippen LogP contribution in [-0.2, 0) is 11.2 Å². The number of rotatable bonds is 4. The fourth-order valence-corrected chi connectivity index (χ4v) is 2.86. The number of nitrogens with one attached hydrogen (secondary N) is 2. The molecule has 2 N–H and O–H groups in total. The first-order chi connectivity index (χ1) is 10.7. The molecule has 1 aliphatic rings. The van der Waals surface area contributed by atoms with E-state index in [0.717, 1.165) is 30.6 Å². The van der Waals surface area contributed by atoms with Gasteiger partial charge in [0.25, 0.3) is 0 Å². The fourth-order valence-electron chi connectivity index (χ4n) is 2.86. The third-order valence-electron chi connectivity index (χ3n) is 4.13. The maximum atomic E-state index is 12.2. The average Bonchev–Trinajstić information content (AvgIpc) is 2.99. The number of aromatic nitrogens is 2. The van der Waals surface area contributed by atoms with E-state index in [4.69, 9.17) is 0 Å². The predicted octanol–water partition coefficient (Wildman–Crippen LogP) is 2.09. The molecule has 0 saturated carbocycles. The molecule has 1 amide bonds. The minimum atomic E-state index is 0. The number of halogens is 1. The molecule has 0 bridgehead atoms. The summed E-state index contributed by atoms with van der Waals surface area (Å²) in [4.78, 5) is 12.2. The van der Waals surface area contributed by atoms with E-state index in [-0.39, 0.29) is 24.4 Å². The normalized spacial score (nSPS) is 20.6. The van der Waals surface area contributed by atoms with Gasteiger partial charge in [-0.2, -0.15) is 5.10 Å². The molecule has 0 radical (unpaired) electrons. The molecule has 0 aliphatic carbocycles. The van der Waals surface area contributed by atoms with Gasteiger partial charge in [-0.25, -0.2) is 4.68 Å². The Morgan fingerprint density at radius 1 is 1.39 bits per heavy atom. The van der Waals surface area contributed by atoms with Crippen molar-refractivity contribution in [1.82, 2.24) is 20.4 Å². The quantitative estimate of drug-likeness (QED) is 0.900. The van der Waals surface area contributed by atoms with Crippen molar-refractivity contribution in [2.24, 2.45) is 0 Å². The molecule has 1 saturated heterocycles. The summed E-state index contributed by atoms with van der Waals surface area (Å²) in [6.45, 7) is 3.16. The van der Waals surface area contributed by atoms with Gasteiger partial charge in [-0.3, -0.25) is 4.79 Å². The Morgan fingerprint density at radius 3 is 2.91 bits per heavy atom. The Balaban J connectivity index is 0.00000192. The Kier molecular flexibility index (Phi) is 6.19. The molecule has 1 aliphatic heterocycles. The Labute approximate surface area is 142 Å². The maximum absolute atomic E-state index is 12.2. The summed E-state index contributed by atoms with van der Waals surface area (Å²) in [6.07, 6.45) is 6.20. The topological polar surface area (TPSA) is 58.9 Å². The number of hydrogen-bond donors (Lipinski definition) is 2. The van der Waals surface area contributed by atoms with Gasteiger partial charge in [-0.15, -0.1) is 12.4 Å². The maximum Gasteiger partial charge on any atom is 0.224 e. The molecule has 2 unspecified atom stereocenters. The average molecular weight is 335 g/mol. The van der Waals surface area contributed by atoms with E-state index in [1.807, 2.05) is 36.5 Å². The number of para-hydroxylation sites is 1. The number of carbonyl (C=O) groups is 1. The van der Waals surface area contributed by atoms with Crippen LogP contribution in [0.5, 0.6) is 0 Å². The number of carbonyl (C=O) groups excluding carboxylic acids is 1. The minimum absolute atomic E-state index is 0. The summed E-state index contributed by atoms with van der Waals surface area (Å²) in [7, 11) is 0. The molecular formula is C17H23ClN4O. The first-order valence-electron chi connectivity index (χ1n) is 7.84. The molecule has 2 atom stereocenters. The smallest absolute Gasteiger partial charge is 0.224 e. The summed E-state index contributed by atoms with van der Waals surface area (Å²) in [5.74, 6) is 0.0631. The van der Waals surface area contributed by atoms with E-state index in [1.165, 1.54) is 0 Å². The van der Waals surface area contributed by atoms with Gasteiger partial charge in [-0.1, -0.05) is 18.2 Å². The van der Waals surface area contributed by atoms with Crippen LogP contribution in [0.4, 0.5) is 0 Å². The van der Waals surface area contributed by atoms with Gasteiger partial charge in [0.15, 0.2) is 0 Å². The summed E-state index contributed by atoms with van der Waals surface area (Å²) >= 11 is 0. The molecule has 1 aromatic heterocycles. The summed E-state index contributed by atoms with van der Waals surface area (Å²) in [5.41, 5.74) is 1.93. The second-order valence-electron chi connectivity index (χ2n) is 5.86. The van der Waals surface area contributed by atoms with Crippen molar-refractivity contribution in [1.29, 1.82) is 0 Å². The lowest BCUT2D eigenvalue weighted by atomic mass is 9.99. The van der Waals surface area contributed by atoms with E-state index in [0.29, 0.717) is 12.5 Å².